The van der Waals surface area contributed by atoms with Crippen LogP contribution in [0.5, 0.6) is 0 Å². The van der Waals surface area contributed by atoms with Gasteiger partial charge in [0.1, 0.15) is 5.52 Å². The highest BCUT2D eigenvalue weighted by molar-refractivity contribution is 9.10. The molecule has 0 unspecified atom stereocenters. The lowest BCUT2D eigenvalue weighted by Gasteiger charge is -2.18. The molecule has 0 fully saturated rings. The van der Waals surface area contributed by atoms with E-state index in [1.807, 2.05) is 12.1 Å². The fourth-order valence-electron chi connectivity index (χ4n) is 2.36. The van der Waals surface area contributed by atoms with E-state index < -0.39 is 0 Å². The predicted molar refractivity (Wildman–Crippen MR) is 90.6 cm³/mol. The predicted octanol–water partition coefficient (Wildman–Crippen LogP) is 5.86. The maximum Gasteiger partial charge on any atom is 0.227 e. The largest absolute Gasteiger partial charge is 0.435 e. The van der Waals surface area contributed by atoms with Gasteiger partial charge in [-0.1, -0.05) is 32.9 Å². The summed E-state index contributed by atoms with van der Waals surface area (Å²) >= 11 is 3.54. The molecule has 3 heteroatoms. The Morgan fingerprint density at radius 3 is 2.33 bits per heavy atom. The molecule has 21 heavy (non-hydrogen) atoms. The molecule has 1 aromatic heterocycles. The van der Waals surface area contributed by atoms with Gasteiger partial charge >= 0.3 is 0 Å². The fraction of sp³-hybridized carbons (Fsp3) is 0.278. The lowest BCUT2D eigenvalue weighted by molar-refractivity contribution is 0.589. The second-order valence-electron chi connectivity index (χ2n) is 6.44. The van der Waals surface area contributed by atoms with Crippen molar-refractivity contribution in [2.75, 3.05) is 0 Å². The molecule has 0 saturated carbocycles. The molecule has 0 radical (unpaired) electrons. The Hall–Kier alpha value is -1.61. The van der Waals surface area contributed by atoms with Crippen LogP contribution >= 0.6 is 15.9 Å². The van der Waals surface area contributed by atoms with Gasteiger partial charge in [-0.2, -0.15) is 0 Å². The van der Waals surface area contributed by atoms with Gasteiger partial charge in [0.25, 0.3) is 0 Å². The van der Waals surface area contributed by atoms with Gasteiger partial charge in [0.05, 0.1) is 4.47 Å². The van der Waals surface area contributed by atoms with Gasteiger partial charge < -0.3 is 4.42 Å². The molecule has 0 aliphatic heterocycles. The number of benzene rings is 2. The Morgan fingerprint density at radius 1 is 1.05 bits per heavy atom. The summed E-state index contributed by atoms with van der Waals surface area (Å²) in [7, 11) is 0. The zero-order valence-electron chi connectivity index (χ0n) is 12.7. The zero-order chi connectivity index (χ0) is 15.2. The van der Waals surface area contributed by atoms with Crippen LogP contribution in [0.25, 0.3) is 22.6 Å². The molecule has 0 spiro atoms. The third-order valence-electron chi connectivity index (χ3n) is 3.59. The Morgan fingerprint density at radius 2 is 1.71 bits per heavy atom. The standard InChI is InChI=1S/C18H18BrNO/c1-11-9-14(19)16-15(10-11)20-17(21-16)12-5-7-13(8-6-12)18(2,3)4/h5-10H,1-4H3. The lowest BCUT2D eigenvalue weighted by Crippen LogP contribution is -2.10. The van der Waals surface area contributed by atoms with Crippen LogP contribution in [-0.2, 0) is 5.41 Å². The molecular weight excluding hydrogens is 326 g/mol. The Balaban J connectivity index is 2.06. The first-order chi connectivity index (χ1) is 9.84. The molecule has 0 saturated heterocycles. The van der Waals surface area contributed by atoms with Crippen LogP contribution in [0.15, 0.2) is 45.3 Å². The third-order valence-corrected chi connectivity index (χ3v) is 4.18. The van der Waals surface area contributed by atoms with Crippen molar-refractivity contribution in [3.63, 3.8) is 0 Å². The van der Waals surface area contributed by atoms with Gasteiger partial charge in [-0.25, -0.2) is 4.98 Å². The van der Waals surface area contributed by atoms with E-state index in [-0.39, 0.29) is 5.41 Å². The highest BCUT2D eigenvalue weighted by Crippen LogP contribution is 2.31. The zero-order valence-corrected chi connectivity index (χ0v) is 14.3. The van der Waals surface area contributed by atoms with Gasteiger partial charge in [-0.15, -0.1) is 0 Å². The number of fused-ring (bicyclic) bond motifs is 1. The van der Waals surface area contributed by atoms with E-state index in [2.05, 4.69) is 72.9 Å². The summed E-state index contributed by atoms with van der Waals surface area (Å²) in [5.41, 5.74) is 5.31. The topological polar surface area (TPSA) is 26.0 Å². The van der Waals surface area contributed by atoms with E-state index in [1.165, 1.54) is 5.56 Å². The van der Waals surface area contributed by atoms with E-state index in [9.17, 15) is 0 Å². The molecule has 0 atom stereocenters. The molecule has 0 N–H and O–H groups in total. The van der Waals surface area contributed by atoms with Crippen LogP contribution in [-0.4, -0.2) is 4.98 Å². The number of aryl methyl sites for hydroxylation is 1. The molecule has 3 aromatic rings. The summed E-state index contributed by atoms with van der Waals surface area (Å²) in [4.78, 5) is 4.60. The minimum atomic E-state index is 0.153. The number of hydrogen-bond acceptors (Lipinski definition) is 2. The van der Waals surface area contributed by atoms with E-state index in [0.29, 0.717) is 5.89 Å². The second kappa shape index (κ2) is 4.99. The molecular formula is C18H18BrNO. The number of aromatic nitrogens is 1. The van der Waals surface area contributed by atoms with Crippen molar-refractivity contribution in [1.29, 1.82) is 0 Å². The molecule has 0 bridgehead atoms. The second-order valence-corrected chi connectivity index (χ2v) is 7.30. The Labute approximate surface area is 133 Å². The number of rotatable bonds is 1. The molecule has 3 rings (SSSR count). The monoisotopic (exact) mass is 343 g/mol. The summed E-state index contributed by atoms with van der Waals surface area (Å²) in [5, 5.41) is 0. The fourth-order valence-corrected chi connectivity index (χ4v) is 3.01. The van der Waals surface area contributed by atoms with Gasteiger partial charge in [-0.05, 0) is 63.7 Å². The SMILES string of the molecule is Cc1cc(Br)c2oc(-c3ccc(C(C)(C)C)cc3)nc2c1. The summed E-state index contributed by atoms with van der Waals surface area (Å²) in [6.45, 7) is 8.68. The minimum absolute atomic E-state index is 0.153. The van der Waals surface area contributed by atoms with Crippen molar-refractivity contribution in [2.45, 2.75) is 33.1 Å². The Kier molecular flexibility index (Phi) is 3.40. The smallest absolute Gasteiger partial charge is 0.227 e. The van der Waals surface area contributed by atoms with Crippen molar-refractivity contribution in [3.8, 4) is 11.5 Å². The van der Waals surface area contributed by atoms with Gasteiger partial charge in [-0.3, -0.25) is 0 Å². The summed E-state index contributed by atoms with van der Waals surface area (Å²) in [6, 6.07) is 12.5. The van der Waals surface area contributed by atoms with Crippen molar-refractivity contribution >= 4 is 27.0 Å². The summed E-state index contributed by atoms with van der Waals surface area (Å²) in [6.07, 6.45) is 0. The van der Waals surface area contributed by atoms with Crippen molar-refractivity contribution in [1.82, 2.24) is 4.98 Å². The number of nitrogens with zero attached hydrogens (tertiary/aromatic N) is 1. The van der Waals surface area contributed by atoms with Gasteiger partial charge in [0.2, 0.25) is 5.89 Å². The van der Waals surface area contributed by atoms with Crippen molar-refractivity contribution in [3.05, 3.63) is 52.0 Å². The molecule has 2 aromatic carbocycles. The summed E-state index contributed by atoms with van der Waals surface area (Å²) in [5.74, 6) is 0.664. The normalized spacial score (nSPS) is 12.0. The molecule has 1 heterocycles. The first-order valence-corrected chi connectivity index (χ1v) is 7.81. The van der Waals surface area contributed by atoms with Crippen LogP contribution in [0.1, 0.15) is 31.9 Å². The first-order valence-electron chi connectivity index (χ1n) is 7.02. The average molecular weight is 344 g/mol. The average Bonchev–Trinajstić information content (AvgIpc) is 2.82. The maximum absolute atomic E-state index is 5.91. The van der Waals surface area contributed by atoms with E-state index >= 15 is 0 Å². The third kappa shape index (κ3) is 2.75. The number of oxazole rings is 1. The minimum Gasteiger partial charge on any atom is -0.435 e. The molecule has 0 amide bonds. The lowest BCUT2D eigenvalue weighted by atomic mass is 9.87. The van der Waals surface area contributed by atoms with E-state index in [1.54, 1.807) is 0 Å². The van der Waals surface area contributed by atoms with E-state index in [0.717, 1.165) is 26.7 Å². The first kappa shape index (κ1) is 14.3. The van der Waals surface area contributed by atoms with Crippen molar-refractivity contribution in [2.24, 2.45) is 0 Å². The maximum atomic E-state index is 5.91. The summed E-state index contributed by atoms with van der Waals surface area (Å²) < 4.78 is 6.85. The van der Waals surface area contributed by atoms with Crippen LogP contribution in [0.4, 0.5) is 0 Å². The highest BCUT2D eigenvalue weighted by Gasteiger charge is 2.15. The van der Waals surface area contributed by atoms with Crippen molar-refractivity contribution < 1.29 is 4.42 Å². The van der Waals surface area contributed by atoms with Gasteiger partial charge in [0.15, 0.2) is 5.58 Å². The molecule has 108 valence electrons. The Bertz CT molecular complexity index is 794. The van der Waals surface area contributed by atoms with Crippen LogP contribution in [0, 0.1) is 6.92 Å². The van der Waals surface area contributed by atoms with Gasteiger partial charge in [0, 0.05) is 5.56 Å². The van der Waals surface area contributed by atoms with E-state index in [4.69, 9.17) is 4.42 Å². The number of hydrogen-bond donors (Lipinski definition) is 0. The quantitative estimate of drug-likeness (QED) is 0.552. The highest BCUT2D eigenvalue weighted by atomic mass is 79.9. The van der Waals surface area contributed by atoms with Crippen LogP contribution < -0.4 is 0 Å². The van der Waals surface area contributed by atoms with Crippen LogP contribution in [0.2, 0.25) is 0 Å². The van der Waals surface area contributed by atoms with Crippen LogP contribution in [0.3, 0.4) is 0 Å². The molecule has 0 aliphatic rings. The number of halogens is 1. The molecule has 2 nitrogen and oxygen atoms in total. The molecule has 0 aliphatic carbocycles.